The van der Waals surface area contributed by atoms with Crippen molar-refractivity contribution < 1.29 is 25.2 Å². The molecule has 0 spiro atoms. The van der Waals surface area contributed by atoms with Crippen LogP contribution in [0, 0.1) is 0 Å². The van der Waals surface area contributed by atoms with Crippen LogP contribution in [0.25, 0.3) is 0 Å². The molecule has 98 valence electrons. The van der Waals surface area contributed by atoms with Gasteiger partial charge in [0.2, 0.25) is 0 Å². The van der Waals surface area contributed by atoms with Crippen molar-refractivity contribution in [3.63, 3.8) is 0 Å². The summed E-state index contributed by atoms with van der Waals surface area (Å²) >= 11 is -3.42. The number of rotatable bonds is 9. The van der Waals surface area contributed by atoms with E-state index in [2.05, 4.69) is 8.37 Å². The van der Waals surface area contributed by atoms with Gasteiger partial charge in [0.1, 0.15) is 0 Å². The molecule has 0 radical (unpaired) electrons. The van der Waals surface area contributed by atoms with Crippen molar-refractivity contribution in [2.24, 2.45) is 0 Å². The molecule has 16 heavy (non-hydrogen) atoms. The second-order valence-corrected chi connectivity index (χ2v) is 5.00. The van der Waals surface area contributed by atoms with Crippen LogP contribution in [-0.4, -0.2) is 34.8 Å². The Morgan fingerprint density at radius 2 is 1.19 bits per heavy atom. The molecule has 8 heteroatoms. The zero-order valence-electron chi connectivity index (χ0n) is 9.83. The summed E-state index contributed by atoms with van der Waals surface area (Å²) in [6.45, 7) is 3.55. The van der Waals surface area contributed by atoms with E-state index in [1.807, 2.05) is 0 Å². The molecule has 0 aromatic heterocycles. The fourth-order valence-electron chi connectivity index (χ4n) is 0.912. The van der Waals surface area contributed by atoms with Gasteiger partial charge in [-0.05, 0) is 26.7 Å². The van der Waals surface area contributed by atoms with Gasteiger partial charge >= 0.3 is 22.7 Å². The first-order chi connectivity index (χ1) is 7.49. The maximum Gasteiger partial charge on any atom is 0.304 e. The highest BCUT2D eigenvalue weighted by Gasteiger charge is 2.12. The fourth-order valence-corrected chi connectivity index (χ4v) is 1.80. The van der Waals surface area contributed by atoms with Crippen molar-refractivity contribution in [2.45, 2.75) is 38.9 Å². The maximum absolute atomic E-state index is 10.9. The molecule has 0 bridgehead atoms. The Hall–Kier alpha value is 0.140. The van der Waals surface area contributed by atoms with Crippen LogP contribution in [0.2, 0.25) is 0 Å². The van der Waals surface area contributed by atoms with Crippen molar-refractivity contribution in [1.82, 2.24) is 0 Å². The monoisotopic (exact) mass is 274 g/mol. The molecule has 0 aromatic carbocycles. The van der Waals surface area contributed by atoms with Crippen LogP contribution in [0.5, 0.6) is 0 Å². The van der Waals surface area contributed by atoms with Gasteiger partial charge in [0, 0.05) is 0 Å². The highest BCUT2D eigenvalue weighted by molar-refractivity contribution is 7.75. The third kappa shape index (κ3) is 8.31. The van der Waals surface area contributed by atoms with Crippen molar-refractivity contribution in [1.29, 1.82) is 0 Å². The van der Waals surface area contributed by atoms with Gasteiger partial charge in [0.25, 0.3) is 0 Å². The van der Waals surface area contributed by atoms with Crippen LogP contribution >= 0.6 is 0 Å². The Balaban J connectivity index is 3.70. The average molecular weight is 274 g/mol. The normalized spacial score (nSPS) is 19.0. The van der Waals surface area contributed by atoms with Gasteiger partial charge in [0.15, 0.2) is 0 Å². The van der Waals surface area contributed by atoms with Crippen LogP contribution in [-0.2, 0) is 39.5 Å². The fraction of sp³-hybridized carbons (Fsp3) is 1.00. The lowest BCUT2D eigenvalue weighted by atomic mass is 10.1. The van der Waals surface area contributed by atoms with Gasteiger partial charge < -0.3 is 0 Å². The molecule has 0 fully saturated rings. The molecule has 0 rings (SSSR count). The zero-order valence-corrected chi connectivity index (χ0v) is 11.5. The van der Waals surface area contributed by atoms with E-state index in [-0.39, 0.29) is 12.2 Å². The number of hydrogen-bond donors (Lipinski definition) is 0. The molecule has 0 saturated carbocycles. The molecule has 0 N–H and O–H groups in total. The molecular formula is C8H18O6S2. The molecule has 0 aliphatic rings. The Bertz CT molecular complexity index is 211. The summed E-state index contributed by atoms with van der Waals surface area (Å²) in [4.78, 5) is 0. The standard InChI is InChI=1S/C8H18O6S2/c1-7(13-15(9)11-3)5-6-8(2)14-16(10)12-4/h7-8H,5-6H2,1-4H3. The van der Waals surface area contributed by atoms with E-state index in [0.717, 1.165) is 0 Å². The Morgan fingerprint density at radius 1 is 0.875 bits per heavy atom. The predicted molar refractivity (Wildman–Crippen MR) is 60.6 cm³/mol. The lowest BCUT2D eigenvalue weighted by molar-refractivity contribution is 0.156. The van der Waals surface area contributed by atoms with Crippen molar-refractivity contribution >= 4 is 22.7 Å². The summed E-state index contributed by atoms with van der Waals surface area (Å²) in [5, 5.41) is 0. The van der Waals surface area contributed by atoms with Gasteiger partial charge in [-0.3, -0.25) is 16.7 Å². The minimum Gasteiger partial charge on any atom is -0.272 e. The largest absolute Gasteiger partial charge is 0.304 e. The molecule has 0 heterocycles. The van der Waals surface area contributed by atoms with Gasteiger partial charge in [-0.1, -0.05) is 0 Å². The molecular weight excluding hydrogens is 256 g/mol. The lowest BCUT2D eigenvalue weighted by Crippen LogP contribution is -2.17. The van der Waals surface area contributed by atoms with Crippen molar-refractivity contribution in [2.75, 3.05) is 14.2 Å². The van der Waals surface area contributed by atoms with E-state index >= 15 is 0 Å². The van der Waals surface area contributed by atoms with E-state index in [4.69, 9.17) is 8.37 Å². The summed E-state index contributed by atoms with van der Waals surface area (Å²) in [7, 11) is 2.60. The molecule has 6 nitrogen and oxygen atoms in total. The first kappa shape index (κ1) is 16.1. The van der Waals surface area contributed by atoms with Crippen molar-refractivity contribution in [3.05, 3.63) is 0 Å². The van der Waals surface area contributed by atoms with Crippen LogP contribution < -0.4 is 0 Å². The van der Waals surface area contributed by atoms with Gasteiger partial charge in [0.05, 0.1) is 26.4 Å². The summed E-state index contributed by atoms with van der Waals surface area (Å²) in [6.07, 6.45) is 0.805. The first-order valence-corrected chi connectivity index (χ1v) is 6.76. The molecule has 0 amide bonds. The molecule has 0 aliphatic carbocycles. The van der Waals surface area contributed by atoms with E-state index in [9.17, 15) is 8.42 Å². The van der Waals surface area contributed by atoms with Gasteiger partial charge in [-0.15, -0.1) is 0 Å². The molecule has 4 atom stereocenters. The summed E-state index contributed by atoms with van der Waals surface area (Å²) in [6, 6.07) is 0. The quantitative estimate of drug-likeness (QED) is 0.625. The van der Waals surface area contributed by atoms with Crippen molar-refractivity contribution in [3.8, 4) is 0 Å². The first-order valence-electron chi connectivity index (χ1n) is 4.76. The maximum atomic E-state index is 10.9. The SMILES string of the molecule is COS(=O)OC(C)CCC(C)OS(=O)OC. The second kappa shape index (κ2) is 9.20. The Labute approximate surface area is 101 Å². The minimum absolute atomic E-state index is 0.220. The topological polar surface area (TPSA) is 71.1 Å². The third-order valence-corrected chi connectivity index (χ3v) is 3.25. The van der Waals surface area contributed by atoms with Crippen LogP contribution in [0.4, 0.5) is 0 Å². The van der Waals surface area contributed by atoms with E-state index in [1.165, 1.54) is 14.2 Å². The minimum atomic E-state index is -1.71. The second-order valence-electron chi connectivity index (χ2n) is 3.13. The number of hydrogen-bond acceptors (Lipinski definition) is 6. The van der Waals surface area contributed by atoms with Gasteiger partial charge in [-0.2, -0.15) is 8.42 Å². The summed E-state index contributed by atoms with van der Waals surface area (Å²) in [5.41, 5.74) is 0. The zero-order chi connectivity index (χ0) is 12.6. The molecule has 4 unspecified atom stereocenters. The molecule has 0 aromatic rings. The highest BCUT2D eigenvalue weighted by Crippen LogP contribution is 2.10. The Morgan fingerprint density at radius 3 is 1.44 bits per heavy atom. The third-order valence-electron chi connectivity index (χ3n) is 1.74. The summed E-state index contributed by atoms with van der Waals surface area (Å²) < 4.78 is 40.6. The van der Waals surface area contributed by atoms with E-state index in [0.29, 0.717) is 12.8 Å². The molecule has 0 aliphatic heterocycles. The smallest absolute Gasteiger partial charge is 0.272 e. The van der Waals surface area contributed by atoms with Crippen LogP contribution in [0.1, 0.15) is 26.7 Å². The van der Waals surface area contributed by atoms with Gasteiger partial charge in [-0.25, -0.2) is 0 Å². The predicted octanol–water partition coefficient (Wildman–Crippen LogP) is 1.03. The lowest BCUT2D eigenvalue weighted by Gasteiger charge is -2.14. The van der Waals surface area contributed by atoms with E-state index in [1.54, 1.807) is 13.8 Å². The van der Waals surface area contributed by atoms with E-state index < -0.39 is 22.7 Å². The average Bonchev–Trinajstić information content (AvgIpc) is 2.26. The van der Waals surface area contributed by atoms with Crippen LogP contribution in [0.15, 0.2) is 0 Å². The van der Waals surface area contributed by atoms with Crippen LogP contribution in [0.3, 0.4) is 0 Å². The highest BCUT2D eigenvalue weighted by atomic mass is 32.2. The molecule has 0 saturated heterocycles. The Kier molecular flexibility index (Phi) is 9.28. The summed E-state index contributed by atoms with van der Waals surface area (Å²) in [5.74, 6) is 0.